The number of nitrogens with one attached hydrogen (secondary N) is 1. The van der Waals surface area contributed by atoms with Crippen LogP contribution in [0, 0.1) is 10.1 Å². The van der Waals surface area contributed by atoms with Gasteiger partial charge in [-0.3, -0.25) is 14.9 Å². The largest absolute Gasteiger partial charge is 0.340 e. The fourth-order valence-electron chi connectivity index (χ4n) is 2.23. The van der Waals surface area contributed by atoms with E-state index in [2.05, 4.69) is 5.32 Å². The molecule has 1 fully saturated rings. The normalized spacial score (nSPS) is 18.2. The first-order chi connectivity index (χ1) is 9.06. The van der Waals surface area contributed by atoms with Gasteiger partial charge in [0.05, 0.1) is 11.3 Å². The van der Waals surface area contributed by atoms with Crippen LogP contribution >= 0.6 is 12.4 Å². The molecule has 1 aliphatic heterocycles. The Labute approximate surface area is 123 Å². The molecule has 1 amide bonds. The molecule has 1 N–H and O–H groups in total. The first-order valence-corrected chi connectivity index (χ1v) is 6.31. The number of benzene rings is 1. The minimum Gasteiger partial charge on any atom is -0.340 e. The van der Waals surface area contributed by atoms with Gasteiger partial charge in [0.2, 0.25) is 5.91 Å². The zero-order valence-corrected chi connectivity index (χ0v) is 12.1. The molecule has 1 aliphatic rings. The maximum absolute atomic E-state index is 12.1. The molecule has 0 aliphatic carbocycles. The highest BCUT2D eigenvalue weighted by Gasteiger charge is 2.20. The van der Waals surface area contributed by atoms with E-state index in [0.29, 0.717) is 24.7 Å². The van der Waals surface area contributed by atoms with Crippen molar-refractivity contribution in [3.8, 4) is 0 Å². The van der Waals surface area contributed by atoms with Crippen molar-refractivity contribution in [3.05, 3.63) is 39.9 Å². The number of carbonyl (C=O) groups is 1. The van der Waals surface area contributed by atoms with Crippen molar-refractivity contribution < 1.29 is 9.72 Å². The van der Waals surface area contributed by atoms with Crippen LogP contribution in [0.4, 0.5) is 5.69 Å². The second-order valence-corrected chi connectivity index (χ2v) is 4.80. The Hall–Kier alpha value is -1.66. The molecule has 1 aromatic carbocycles. The fraction of sp³-hybridized carbons (Fsp3) is 0.462. The van der Waals surface area contributed by atoms with Crippen LogP contribution in [0.3, 0.4) is 0 Å². The summed E-state index contributed by atoms with van der Waals surface area (Å²) in [5.41, 5.74) is 0.712. The van der Waals surface area contributed by atoms with Crippen molar-refractivity contribution in [2.75, 3.05) is 19.6 Å². The quantitative estimate of drug-likeness (QED) is 0.676. The molecule has 1 atom stereocenters. The number of hydrogen-bond donors (Lipinski definition) is 1. The van der Waals surface area contributed by atoms with Crippen LogP contribution in [-0.2, 0) is 11.2 Å². The third-order valence-electron chi connectivity index (χ3n) is 3.20. The number of nitro groups is 1. The Kier molecular flexibility index (Phi) is 5.91. The molecule has 0 bridgehead atoms. The van der Waals surface area contributed by atoms with E-state index in [4.69, 9.17) is 0 Å². The predicted molar refractivity (Wildman–Crippen MR) is 78.1 cm³/mol. The highest BCUT2D eigenvalue weighted by Crippen LogP contribution is 2.14. The van der Waals surface area contributed by atoms with Crippen molar-refractivity contribution >= 4 is 24.0 Å². The van der Waals surface area contributed by atoms with Crippen LogP contribution in [0.1, 0.15) is 12.5 Å². The monoisotopic (exact) mass is 299 g/mol. The van der Waals surface area contributed by atoms with E-state index in [-0.39, 0.29) is 30.4 Å². The van der Waals surface area contributed by atoms with Crippen LogP contribution in [0.2, 0.25) is 0 Å². The van der Waals surface area contributed by atoms with Crippen LogP contribution in [-0.4, -0.2) is 41.4 Å². The molecule has 0 aromatic heterocycles. The minimum absolute atomic E-state index is 0. The Morgan fingerprint density at radius 2 is 2.30 bits per heavy atom. The third-order valence-corrected chi connectivity index (χ3v) is 3.20. The summed E-state index contributed by atoms with van der Waals surface area (Å²) >= 11 is 0. The number of halogens is 1. The van der Waals surface area contributed by atoms with Gasteiger partial charge < -0.3 is 10.2 Å². The average Bonchev–Trinajstić information content (AvgIpc) is 2.39. The summed E-state index contributed by atoms with van der Waals surface area (Å²) in [7, 11) is 0. The summed E-state index contributed by atoms with van der Waals surface area (Å²) in [6, 6.07) is 6.55. The molecule has 110 valence electrons. The Bertz CT molecular complexity index is 496. The Morgan fingerprint density at radius 1 is 1.55 bits per heavy atom. The summed E-state index contributed by atoms with van der Waals surface area (Å²) in [5.74, 6) is 0.0221. The molecule has 1 aromatic rings. The summed E-state index contributed by atoms with van der Waals surface area (Å²) in [4.78, 5) is 24.2. The average molecular weight is 300 g/mol. The highest BCUT2D eigenvalue weighted by molar-refractivity contribution is 5.85. The van der Waals surface area contributed by atoms with E-state index in [1.165, 1.54) is 12.1 Å². The second kappa shape index (κ2) is 7.21. The van der Waals surface area contributed by atoms with Crippen LogP contribution < -0.4 is 5.32 Å². The van der Waals surface area contributed by atoms with Gasteiger partial charge >= 0.3 is 0 Å². The third kappa shape index (κ3) is 4.18. The zero-order valence-electron chi connectivity index (χ0n) is 11.2. The van der Waals surface area contributed by atoms with E-state index < -0.39 is 4.92 Å². The van der Waals surface area contributed by atoms with Crippen molar-refractivity contribution in [2.45, 2.75) is 19.4 Å². The van der Waals surface area contributed by atoms with Crippen LogP contribution in [0.25, 0.3) is 0 Å². The lowest BCUT2D eigenvalue weighted by molar-refractivity contribution is -0.384. The van der Waals surface area contributed by atoms with E-state index in [9.17, 15) is 14.9 Å². The molecule has 0 spiro atoms. The second-order valence-electron chi connectivity index (χ2n) is 4.80. The van der Waals surface area contributed by atoms with E-state index in [1.807, 2.05) is 6.92 Å². The summed E-state index contributed by atoms with van der Waals surface area (Å²) in [5, 5.41) is 14.0. The maximum Gasteiger partial charge on any atom is 0.269 e. The van der Waals surface area contributed by atoms with Gasteiger partial charge in [-0.25, -0.2) is 0 Å². The molecular formula is C13H18ClN3O3. The standard InChI is InChI=1S/C13H17N3O3.ClH/c1-10-9-15(6-5-14-10)13(17)8-11-3-2-4-12(7-11)16(18)19;/h2-4,7,10,14H,5-6,8-9H2,1H3;1H/t10-;/m1./s1. The Balaban J connectivity index is 0.00000200. The Morgan fingerprint density at radius 3 is 2.95 bits per heavy atom. The van der Waals surface area contributed by atoms with Gasteiger partial charge in [0, 0.05) is 37.8 Å². The molecule has 1 heterocycles. The summed E-state index contributed by atoms with van der Waals surface area (Å²) < 4.78 is 0. The molecule has 0 unspecified atom stereocenters. The number of non-ortho nitro benzene ring substituents is 1. The number of amides is 1. The molecular weight excluding hydrogens is 282 g/mol. The summed E-state index contributed by atoms with van der Waals surface area (Å²) in [6.45, 7) is 4.21. The molecule has 0 saturated carbocycles. The first-order valence-electron chi connectivity index (χ1n) is 6.31. The lowest BCUT2D eigenvalue weighted by Crippen LogP contribution is -2.51. The van der Waals surface area contributed by atoms with Crippen molar-refractivity contribution in [1.29, 1.82) is 0 Å². The summed E-state index contributed by atoms with van der Waals surface area (Å²) in [6.07, 6.45) is 0.217. The number of carbonyl (C=O) groups excluding carboxylic acids is 1. The maximum atomic E-state index is 12.1. The van der Waals surface area contributed by atoms with E-state index in [1.54, 1.807) is 17.0 Å². The minimum atomic E-state index is -0.444. The molecule has 2 rings (SSSR count). The first kappa shape index (κ1) is 16.4. The van der Waals surface area contributed by atoms with Gasteiger partial charge in [0.1, 0.15) is 0 Å². The molecule has 1 saturated heterocycles. The van der Waals surface area contributed by atoms with E-state index in [0.717, 1.165) is 6.54 Å². The van der Waals surface area contributed by atoms with Gasteiger partial charge in [-0.15, -0.1) is 12.4 Å². The highest BCUT2D eigenvalue weighted by atomic mass is 35.5. The molecule has 6 nitrogen and oxygen atoms in total. The lowest BCUT2D eigenvalue weighted by Gasteiger charge is -2.32. The predicted octanol–water partition coefficient (Wildman–Crippen LogP) is 1.38. The lowest BCUT2D eigenvalue weighted by atomic mass is 10.1. The van der Waals surface area contributed by atoms with Gasteiger partial charge in [-0.2, -0.15) is 0 Å². The van der Waals surface area contributed by atoms with Crippen LogP contribution in [0.5, 0.6) is 0 Å². The number of hydrogen-bond acceptors (Lipinski definition) is 4. The smallest absolute Gasteiger partial charge is 0.269 e. The van der Waals surface area contributed by atoms with Crippen molar-refractivity contribution in [3.63, 3.8) is 0 Å². The molecule has 7 heteroatoms. The van der Waals surface area contributed by atoms with Crippen molar-refractivity contribution in [2.24, 2.45) is 0 Å². The number of nitrogens with zero attached hydrogens (tertiary/aromatic N) is 2. The zero-order chi connectivity index (χ0) is 13.8. The molecule has 20 heavy (non-hydrogen) atoms. The van der Waals surface area contributed by atoms with E-state index >= 15 is 0 Å². The van der Waals surface area contributed by atoms with Gasteiger partial charge in [-0.05, 0) is 12.5 Å². The number of nitro benzene ring substituents is 1. The molecule has 0 radical (unpaired) electrons. The number of piperazine rings is 1. The van der Waals surface area contributed by atoms with Gasteiger partial charge in [0.15, 0.2) is 0 Å². The SMILES string of the molecule is C[C@@H]1CN(C(=O)Cc2cccc([N+](=O)[O-])c2)CCN1.Cl. The van der Waals surface area contributed by atoms with Gasteiger partial charge in [0.25, 0.3) is 5.69 Å². The van der Waals surface area contributed by atoms with Gasteiger partial charge in [-0.1, -0.05) is 12.1 Å². The number of rotatable bonds is 3. The van der Waals surface area contributed by atoms with Crippen molar-refractivity contribution in [1.82, 2.24) is 10.2 Å². The fourth-order valence-corrected chi connectivity index (χ4v) is 2.23. The van der Waals surface area contributed by atoms with Crippen LogP contribution in [0.15, 0.2) is 24.3 Å². The topological polar surface area (TPSA) is 75.5 Å².